The number of hydrogen-bond donors (Lipinski definition) is 2. The molecular formula is C19H20ClN3O4S. The SMILES string of the molecule is C[C@@H](c1cccc(Cl)c1)N1C(=O)[C@H](NC(N)=O)Cc2ccc(S(C)(=O)=O)cc21. The van der Waals surface area contributed by atoms with Gasteiger partial charge in [0, 0.05) is 23.4 Å². The van der Waals surface area contributed by atoms with Gasteiger partial charge in [0.1, 0.15) is 6.04 Å². The fourth-order valence-electron chi connectivity index (χ4n) is 3.36. The zero-order valence-electron chi connectivity index (χ0n) is 15.3. The van der Waals surface area contributed by atoms with Crippen molar-refractivity contribution in [1.29, 1.82) is 0 Å². The highest BCUT2D eigenvalue weighted by atomic mass is 35.5. The number of carbonyl (C=O) groups is 2. The number of primary amides is 1. The molecule has 3 amide bonds. The van der Waals surface area contributed by atoms with Crippen molar-refractivity contribution >= 4 is 39.1 Å². The number of nitrogens with one attached hydrogen (secondary N) is 1. The first-order chi connectivity index (χ1) is 13.1. The lowest BCUT2D eigenvalue weighted by molar-refractivity contribution is -0.121. The largest absolute Gasteiger partial charge is 0.352 e. The predicted octanol–water partition coefficient (Wildman–Crippen LogP) is 2.43. The lowest BCUT2D eigenvalue weighted by atomic mass is 9.94. The summed E-state index contributed by atoms with van der Waals surface area (Å²) in [5, 5.41) is 2.99. The quantitative estimate of drug-likeness (QED) is 0.789. The second-order valence-corrected chi connectivity index (χ2v) is 9.22. The lowest BCUT2D eigenvalue weighted by Crippen LogP contribution is -2.54. The van der Waals surface area contributed by atoms with E-state index >= 15 is 0 Å². The smallest absolute Gasteiger partial charge is 0.312 e. The fraction of sp³-hybridized carbons (Fsp3) is 0.263. The Morgan fingerprint density at radius 1 is 1.29 bits per heavy atom. The molecule has 0 unspecified atom stereocenters. The van der Waals surface area contributed by atoms with Crippen LogP contribution in [0.2, 0.25) is 5.02 Å². The number of halogens is 1. The lowest BCUT2D eigenvalue weighted by Gasteiger charge is -2.38. The third kappa shape index (κ3) is 3.98. The second-order valence-electron chi connectivity index (χ2n) is 6.77. The fourth-order valence-corrected chi connectivity index (χ4v) is 4.20. The zero-order valence-corrected chi connectivity index (χ0v) is 16.9. The molecule has 1 heterocycles. The Kier molecular flexibility index (Phi) is 5.36. The minimum atomic E-state index is -3.46. The van der Waals surface area contributed by atoms with Gasteiger partial charge in [-0.15, -0.1) is 0 Å². The van der Waals surface area contributed by atoms with Gasteiger partial charge >= 0.3 is 6.03 Å². The maximum Gasteiger partial charge on any atom is 0.312 e. The minimum Gasteiger partial charge on any atom is -0.352 e. The van der Waals surface area contributed by atoms with Crippen LogP contribution in [-0.4, -0.2) is 32.7 Å². The molecule has 2 aromatic rings. The third-order valence-electron chi connectivity index (χ3n) is 4.74. The first kappa shape index (κ1) is 20.2. The zero-order chi connectivity index (χ0) is 20.6. The van der Waals surface area contributed by atoms with E-state index in [9.17, 15) is 18.0 Å². The summed E-state index contributed by atoms with van der Waals surface area (Å²) < 4.78 is 24.0. The van der Waals surface area contributed by atoms with Crippen LogP contribution >= 0.6 is 11.6 Å². The number of fused-ring (bicyclic) bond motifs is 1. The average molecular weight is 422 g/mol. The van der Waals surface area contributed by atoms with Gasteiger partial charge in [-0.2, -0.15) is 0 Å². The Labute approximate surface area is 168 Å². The summed E-state index contributed by atoms with van der Waals surface area (Å²) in [7, 11) is -3.46. The summed E-state index contributed by atoms with van der Waals surface area (Å²) in [5.41, 5.74) is 7.22. The Morgan fingerprint density at radius 3 is 2.61 bits per heavy atom. The van der Waals surface area contributed by atoms with Crippen molar-refractivity contribution in [2.75, 3.05) is 11.2 Å². The van der Waals surface area contributed by atoms with Gasteiger partial charge in [-0.3, -0.25) is 4.79 Å². The van der Waals surface area contributed by atoms with Crippen molar-refractivity contribution in [3.8, 4) is 0 Å². The molecule has 0 bridgehead atoms. The molecule has 1 aliphatic rings. The van der Waals surface area contributed by atoms with E-state index in [2.05, 4.69) is 5.32 Å². The molecular weight excluding hydrogens is 402 g/mol. The van der Waals surface area contributed by atoms with E-state index in [1.165, 1.54) is 17.0 Å². The molecule has 0 spiro atoms. The normalized spacial score (nSPS) is 17.8. The molecule has 0 saturated carbocycles. The van der Waals surface area contributed by atoms with Crippen molar-refractivity contribution in [2.24, 2.45) is 5.73 Å². The maximum absolute atomic E-state index is 13.2. The van der Waals surface area contributed by atoms with Crippen LogP contribution in [0.3, 0.4) is 0 Å². The number of sulfone groups is 1. The monoisotopic (exact) mass is 421 g/mol. The van der Waals surface area contributed by atoms with E-state index in [1.807, 2.05) is 13.0 Å². The molecule has 2 aromatic carbocycles. The van der Waals surface area contributed by atoms with Crippen molar-refractivity contribution in [3.63, 3.8) is 0 Å². The van der Waals surface area contributed by atoms with Crippen LogP contribution in [0, 0.1) is 0 Å². The number of anilines is 1. The van der Waals surface area contributed by atoms with E-state index in [0.717, 1.165) is 17.4 Å². The van der Waals surface area contributed by atoms with Crippen molar-refractivity contribution in [2.45, 2.75) is 30.3 Å². The number of rotatable bonds is 4. The van der Waals surface area contributed by atoms with E-state index in [4.69, 9.17) is 17.3 Å². The van der Waals surface area contributed by atoms with Crippen molar-refractivity contribution in [3.05, 3.63) is 58.6 Å². The highest BCUT2D eigenvalue weighted by molar-refractivity contribution is 7.90. The second kappa shape index (κ2) is 7.44. The van der Waals surface area contributed by atoms with Crippen LogP contribution in [0.15, 0.2) is 47.4 Å². The standard InChI is InChI=1S/C19H20ClN3O4S/c1-11(12-4-3-5-14(20)8-12)23-17-10-15(28(2,26)27)7-6-13(17)9-16(18(23)24)22-19(21)25/h3-8,10-11,16H,9H2,1-2H3,(H3,21,22,25)/t11-,16+/m0/s1. The first-order valence-electron chi connectivity index (χ1n) is 8.55. The highest BCUT2D eigenvalue weighted by Gasteiger charge is 2.37. The molecule has 3 rings (SSSR count). The number of nitrogens with zero attached hydrogens (tertiary/aromatic N) is 1. The number of nitrogens with two attached hydrogens (primary N) is 1. The molecule has 3 N–H and O–H groups in total. The average Bonchev–Trinajstić information content (AvgIpc) is 2.60. The van der Waals surface area contributed by atoms with Gasteiger partial charge in [0.25, 0.3) is 5.91 Å². The molecule has 0 aliphatic carbocycles. The van der Waals surface area contributed by atoms with Gasteiger partial charge in [-0.25, -0.2) is 13.2 Å². The maximum atomic E-state index is 13.2. The van der Waals surface area contributed by atoms with Crippen LogP contribution in [0.4, 0.5) is 10.5 Å². The molecule has 2 atom stereocenters. The first-order valence-corrected chi connectivity index (χ1v) is 10.8. The van der Waals surface area contributed by atoms with E-state index in [1.54, 1.807) is 24.3 Å². The van der Waals surface area contributed by atoms with Gasteiger partial charge in [0.2, 0.25) is 0 Å². The summed E-state index contributed by atoms with van der Waals surface area (Å²) in [6.45, 7) is 1.81. The Morgan fingerprint density at radius 2 is 2.00 bits per heavy atom. The third-order valence-corrected chi connectivity index (χ3v) is 6.08. The van der Waals surface area contributed by atoms with Gasteiger partial charge in [0.15, 0.2) is 9.84 Å². The van der Waals surface area contributed by atoms with Crippen LogP contribution in [-0.2, 0) is 21.1 Å². The van der Waals surface area contributed by atoms with Gasteiger partial charge in [-0.05, 0) is 42.3 Å². The van der Waals surface area contributed by atoms with E-state index in [-0.39, 0.29) is 17.2 Å². The summed E-state index contributed by atoms with van der Waals surface area (Å²) in [6.07, 6.45) is 1.33. The Balaban J connectivity index is 2.14. The Hall–Kier alpha value is -2.58. The van der Waals surface area contributed by atoms with Crippen LogP contribution < -0.4 is 16.0 Å². The number of urea groups is 1. The van der Waals surface area contributed by atoms with Crippen LogP contribution in [0.5, 0.6) is 0 Å². The number of benzene rings is 2. The summed E-state index contributed by atoms with van der Waals surface area (Å²) in [6, 6.07) is 9.62. The van der Waals surface area contributed by atoms with Gasteiger partial charge in [-0.1, -0.05) is 29.8 Å². The summed E-state index contributed by atoms with van der Waals surface area (Å²) in [4.78, 5) is 26.1. The topological polar surface area (TPSA) is 110 Å². The molecule has 9 heteroatoms. The van der Waals surface area contributed by atoms with Gasteiger partial charge in [0.05, 0.1) is 10.9 Å². The minimum absolute atomic E-state index is 0.114. The molecule has 0 aromatic heterocycles. The highest BCUT2D eigenvalue weighted by Crippen LogP contribution is 2.37. The van der Waals surface area contributed by atoms with E-state index < -0.39 is 28.0 Å². The Bertz CT molecular complexity index is 1050. The number of carbonyl (C=O) groups excluding carboxylic acids is 2. The van der Waals surface area contributed by atoms with Gasteiger partial charge < -0.3 is 16.0 Å². The number of amides is 3. The molecule has 0 radical (unpaired) electrons. The molecule has 7 nitrogen and oxygen atoms in total. The molecule has 0 saturated heterocycles. The molecule has 148 valence electrons. The summed E-state index contributed by atoms with van der Waals surface area (Å²) >= 11 is 6.09. The summed E-state index contributed by atoms with van der Waals surface area (Å²) in [5.74, 6) is -0.371. The van der Waals surface area contributed by atoms with E-state index in [0.29, 0.717) is 10.7 Å². The van der Waals surface area contributed by atoms with Crippen LogP contribution in [0.25, 0.3) is 0 Å². The molecule has 1 aliphatic heterocycles. The van der Waals surface area contributed by atoms with Crippen LogP contribution in [0.1, 0.15) is 24.1 Å². The molecule has 0 fully saturated rings. The predicted molar refractivity (Wildman–Crippen MR) is 107 cm³/mol. The number of hydrogen-bond acceptors (Lipinski definition) is 4. The van der Waals surface area contributed by atoms with Crippen molar-refractivity contribution < 1.29 is 18.0 Å². The molecule has 28 heavy (non-hydrogen) atoms. The van der Waals surface area contributed by atoms with Crippen molar-refractivity contribution in [1.82, 2.24) is 5.32 Å².